The number of carbonyl (C=O) groups excluding carboxylic acids is 1. The fourth-order valence-electron chi connectivity index (χ4n) is 7.60. The first-order chi connectivity index (χ1) is 24.2. The Morgan fingerprint density at radius 2 is 1.94 bits per heavy atom. The van der Waals surface area contributed by atoms with Gasteiger partial charge in [-0.2, -0.15) is 4.39 Å². The van der Waals surface area contributed by atoms with E-state index >= 15 is 0 Å². The van der Waals surface area contributed by atoms with Gasteiger partial charge in [0, 0.05) is 42.4 Å². The second-order valence-electron chi connectivity index (χ2n) is 13.7. The number of pyridine rings is 1. The highest BCUT2D eigenvalue weighted by molar-refractivity contribution is 7.84. The Labute approximate surface area is 304 Å². The normalized spacial score (nSPS) is 29.5. The molecule has 0 saturated heterocycles. The summed E-state index contributed by atoms with van der Waals surface area (Å²) in [5.41, 5.74) is 3.90. The number of halogens is 2. The van der Waals surface area contributed by atoms with Gasteiger partial charge in [0.15, 0.2) is 0 Å². The van der Waals surface area contributed by atoms with Crippen LogP contribution in [0.4, 0.5) is 10.1 Å². The van der Waals surface area contributed by atoms with Gasteiger partial charge < -0.3 is 14.4 Å². The van der Waals surface area contributed by atoms with Crippen LogP contribution in [0.1, 0.15) is 81.3 Å². The van der Waals surface area contributed by atoms with Crippen LogP contribution in [-0.4, -0.2) is 53.3 Å². The molecule has 270 valence electrons. The zero-order valence-corrected chi connectivity index (χ0v) is 31.4. The summed E-state index contributed by atoms with van der Waals surface area (Å²) in [6.07, 6.45) is 12.1. The van der Waals surface area contributed by atoms with E-state index in [1.54, 1.807) is 25.3 Å². The van der Waals surface area contributed by atoms with Crippen molar-refractivity contribution in [2.45, 2.75) is 83.0 Å². The molecule has 3 aromatic rings. The first-order valence-electron chi connectivity index (χ1n) is 18.0. The number of methoxy groups -OCH3 is 1. The van der Waals surface area contributed by atoms with Crippen molar-refractivity contribution in [1.29, 1.82) is 0 Å². The van der Waals surface area contributed by atoms with Crippen molar-refractivity contribution in [2.75, 3.05) is 31.7 Å². The number of amides is 1. The molecule has 7 nitrogen and oxygen atoms in total. The number of fused-ring (bicyclic) bond motifs is 4. The van der Waals surface area contributed by atoms with Crippen LogP contribution in [0.15, 0.2) is 72.9 Å². The lowest BCUT2D eigenvalue weighted by molar-refractivity contribution is 0.0131. The van der Waals surface area contributed by atoms with Crippen LogP contribution in [0.2, 0.25) is 5.02 Å². The molecule has 1 spiro atoms. The highest BCUT2D eigenvalue weighted by atomic mass is 35.5. The fourth-order valence-corrected chi connectivity index (χ4v) is 8.82. The Bertz CT molecular complexity index is 1660. The molecule has 2 bridgehead atoms. The van der Waals surface area contributed by atoms with Crippen molar-refractivity contribution in [2.24, 2.45) is 17.8 Å². The molecule has 3 heterocycles. The summed E-state index contributed by atoms with van der Waals surface area (Å²) in [6, 6.07) is 16.5. The zero-order valence-electron chi connectivity index (χ0n) is 29.9. The lowest BCUT2D eigenvalue weighted by atomic mass is 9.68. The molecular formula is C40H51ClFN3O4S. The van der Waals surface area contributed by atoms with Gasteiger partial charge in [0.05, 0.1) is 23.6 Å². The highest BCUT2D eigenvalue weighted by Gasteiger charge is 2.44. The topological polar surface area (TPSA) is 80.8 Å². The molecule has 7 rings (SSSR count). The van der Waals surface area contributed by atoms with Crippen molar-refractivity contribution >= 4 is 34.2 Å². The first-order valence-corrected chi connectivity index (χ1v) is 19.5. The Kier molecular flexibility index (Phi) is 13.1. The molecule has 7 atom stereocenters. The summed E-state index contributed by atoms with van der Waals surface area (Å²) in [4.78, 5) is 19.1. The lowest BCUT2D eigenvalue weighted by Crippen LogP contribution is -2.49. The molecule has 1 aromatic heterocycles. The van der Waals surface area contributed by atoms with Crippen LogP contribution in [0, 0.1) is 23.7 Å². The van der Waals surface area contributed by atoms with E-state index < -0.39 is 16.9 Å². The summed E-state index contributed by atoms with van der Waals surface area (Å²) < 4.78 is 40.3. The Morgan fingerprint density at radius 3 is 2.62 bits per heavy atom. The van der Waals surface area contributed by atoms with Crippen molar-refractivity contribution in [3.8, 4) is 5.75 Å². The molecule has 4 aliphatic rings. The number of ether oxygens (including phenoxy) is 2. The summed E-state index contributed by atoms with van der Waals surface area (Å²) in [5.74, 6) is 1.10. The standard InChI is InChI=1S/C33H41ClN2O4S.C5H4FN.C2H6/c1-21-6-4-8-30(39-3)27-12-9-25(27)18-36-19-33(15-5-7-23-16-26(34)11-13-28(23)33)20-40-31-14-10-24(17-29(31)36)32(37)35-41(38)22(21)2;6-5-3-1-2-4-7-5;1-2/h4,8,10-11,13-14,16-17,21-22,25,27,30H,5-7,9,12,15,18-20H2,1-3H3,(H,35,37);1-4H;1-2H3/b8-4+;;/t21?,22?,25?,27?,30?,33-,41?;;/m0../s1. The van der Waals surface area contributed by atoms with Crippen molar-refractivity contribution in [3.05, 3.63) is 101 Å². The summed E-state index contributed by atoms with van der Waals surface area (Å²) in [6.45, 7) is 10.3. The predicted octanol–water partition coefficient (Wildman–Crippen LogP) is 8.48. The van der Waals surface area contributed by atoms with E-state index in [9.17, 15) is 13.4 Å². The van der Waals surface area contributed by atoms with Gasteiger partial charge in [-0.05, 0) is 117 Å². The molecule has 2 aliphatic carbocycles. The van der Waals surface area contributed by atoms with E-state index in [0.29, 0.717) is 24.0 Å². The second-order valence-corrected chi connectivity index (χ2v) is 15.7. The molecular weight excluding hydrogens is 673 g/mol. The van der Waals surface area contributed by atoms with Gasteiger partial charge in [-0.15, -0.1) is 0 Å². The molecule has 1 saturated carbocycles. The number of hydrogen-bond acceptors (Lipinski definition) is 6. The minimum absolute atomic E-state index is 0.0508. The van der Waals surface area contributed by atoms with Gasteiger partial charge in [-0.25, -0.2) is 9.19 Å². The Balaban J connectivity index is 0.000000477. The summed E-state index contributed by atoms with van der Waals surface area (Å²) in [5, 5.41) is 0.589. The largest absolute Gasteiger partial charge is 0.490 e. The first kappa shape index (κ1) is 38.0. The fraction of sp³-hybridized carbons (Fsp3) is 0.500. The molecule has 10 heteroatoms. The number of allylic oxidation sites excluding steroid dienone is 1. The SMILES string of the molecule is CC.COC1/C=C/CC(C)C(C)S(=O)NC(=O)c2ccc3c(c2)N(CC2CCC21)C[C@@]1(CCCc2cc(Cl)ccc21)CO3.Fc1ccccn1. The van der Waals surface area contributed by atoms with Crippen molar-refractivity contribution < 1.29 is 22.9 Å². The maximum atomic E-state index is 13.3. The molecule has 1 fully saturated rings. The van der Waals surface area contributed by atoms with Gasteiger partial charge in [0.25, 0.3) is 5.91 Å². The molecule has 1 N–H and O–H groups in total. The van der Waals surface area contributed by atoms with Gasteiger partial charge in [-0.1, -0.05) is 56.7 Å². The second kappa shape index (κ2) is 17.3. The number of anilines is 1. The minimum Gasteiger partial charge on any atom is -0.490 e. The number of nitrogens with zero attached hydrogens (tertiary/aromatic N) is 2. The van der Waals surface area contributed by atoms with E-state index in [-0.39, 0.29) is 28.6 Å². The van der Waals surface area contributed by atoms with Gasteiger partial charge >= 0.3 is 0 Å². The van der Waals surface area contributed by atoms with E-state index in [4.69, 9.17) is 21.1 Å². The van der Waals surface area contributed by atoms with Crippen LogP contribution >= 0.6 is 11.6 Å². The third kappa shape index (κ3) is 8.60. The average Bonchev–Trinajstić information content (AvgIpc) is 3.26. The van der Waals surface area contributed by atoms with E-state index in [1.807, 2.05) is 39.0 Å². The Hall–Kier alpha value is -3.27. The molecule has 0 radical (unpaired) electrons. The van der Waals surface area contributed by atoms with Crippen LogP contribution in [0.5, 0.6) is 5.75 Å². The van der Waals surface area contributed by atoms with Crippen molar-refractivity contribution in [1.82, 2.24) is 9.71 Å². The minimum atomic E-state index is -1.50. The number of nitrogens with one attached hydrogen (secondary N) is 1. The average molecular weight is 724 g/mol. The molecule has 50 heavy (non-hydrogen) atoms. The molecule has 2 aliphatic heterocycles. The summed E-state index contributed by atoms with van der Waals surface area (Å²) >= 11 is 6.41. The highest BCUT2D eigenvalue weighted by Crippen LogP contribution is 2.47. The van der Waals surface area contributed by atoms with E-state index in [0.717, 1.165) is 68.1 Å². The molecule has 1 amide bonds. The van der Waals surface area contributed by atoms with E-state index in [1.165, 1.54) is 23.4 Å². The van der Waals surface area contributed by atoms with Gasteiger partial charge in [0.2, 0.25) is 5.95 Å². The Morgan fingerprint density at radius 1 is 1.12 bits per heavy atom. The molecule has 2 aromatic carbocycles. The maximum absolute atomic E-state index is 13.3. The third-order valence-electron chi connectivity index (χ3n) is 10.7. The monoisotopic (exact) mass is 723 g/mol. The number of aryl methyl sites for hydroxylation is 1. The van der Waals surface area contributed by atoms with Crippen LogP contribution in [-0.2, 0) is 27.6 Å². The molecule has 6 unspecified atom stereocenters. The predicted molar refractivity (Wildman–Crippen MR) is 201 cm³/mol. The third-order valence-corrected chi connectivity index (χ3v) is 12.5. The van der Waals surface area contributed by atoms with Crippen LogP contribution in [0.25, 0.3) is 0 Å². The van der Waals surface area contributed by atoms with E-state index in [2.05, 4.69) is 45.8 Å². The number of rotatable bonds is 1. The summed E-state index contributed by atoms with van der Waals surface area (Å²) in [7, 11) is 0.305. The van der Waals surface area contributed by atoms with Gasteiger partial charge in [-0.3, -0.25) is 9.52 Å². The number of carbonyl (C=O) groups is 1. The quantitative estimate of drug-likeness (QED) is 0.201. The number of benzene rings is 2. The lowest BCUT2D eigenvalue weighted by Gasteiger charge is -2.46. The number of hydrogen-bond donors (Lipinski definition) is 1. The van der Waals surface area contributed by atoms with Crippen LogP contribution in [0.3, 0.4) is 0 Å². The van der Waals surface area contributed by atoms with Crippen LogP contribution < -0.4 is 14.4 Å². The smallest absolute Gasteiger partial charge is 0.263 e. The zero-order chi connectivity index (χ0) is 35.8. The maximum Gasteiger partial charge on any atom is 0.263 e. The number of aromatic nitrogens is 1. The van der Waals surface area contributed by atoms with Crippen molar-refractivity contribution in [3.63, 3.8) is 0 Å². The van der Waals surface area contributed by atoms with Gasteiger partial charge in [0.1, 0.15) is 16.7 Å².